The minimum Gasteiger partial charge on any atom is -0.369 e. The number of anilines is 1. The Kier molecular flexibility index (Phi) is 4.36. The molecule has 1 fully saturated rings. The van der Waals surface area contributed by atoms with Crippen molar-refractivity contribution >= 4 is 17.8 Å². The molecule has 0 aromatic carbocycles. The summed E-state index contributed by atoms with van der Waals surface area (Å²) in [7, 11) is 0. The molecule has 20 heavy (non-hydrogen) atoms. The average Bonchev–Trinajstić information content (AvgIpc) is 2.45. The van der Waals surface area contributed by atoms with Gasteiger partial charge in [0.1, 0.15) is 5.82 Å². The second-order valence-corrected chi connectivity index (χ2v) is 5.04. The van der Waals surface area contributed by atoms with E-state index in [0.717, 1.165) is 42.9 Å². The third-order valence-corrected chi connectivity index (χ3v) is 3.62. The standard InChI is InChI=1S/C15H18N4O/c1-11-9-12(3-2-6-16)10-18-15(11)19-7-4-13(5-8-19)14(17)20/h2-3,9-10,13H,4-5,7-8H2,1H3,(H2,17,20). The molecular weight excluding hydrogens is 252 g/mol. The minimum atomic E-state index is -0.202. The molecule has 0 aliphatic carbocycles. The highest BCUT2D eigenvalue weighted by Gasteiger charge is 2.24. The van der Waals surface area contributed by atoms with Crippen LogP contribution in [-0.4, -0.2) is 24.0 Å². The number of nitrogens with zero attached hydrogens (tertiary/aromatic N) is 3. The maximum atomic E-state index is 11.2. The number of piperidine rings is 1. The molecule has 0 unspecified atom stereocenters. The molecular formula is C15H18N4O. The smallest absolute Gasteiger partial charge is 0.220 e. The van der Waals surface area contributed by atoms with Crippen LogP contribution in [0.25, 0.3) is 6.08 Å². The van der Waals surface area contributed by atoms with E-state index in [-0.39, 0.29) is 11.8 Å². The number of primary amides is 1. The Morgan fingerprint density at radius 1 is 1.55 bits per heavy atom. The number of nitriles is 1. The zero-order chi connectivity index (χ0) is 14.5. The molecule has 1 saturated heterocycles. The first kappa shape index (κ1) is 14.1. The molecule has 1 aliphatic rings. The van der Waals surface area contributed by atoms with Crippen LogP contribution in [0, 0.1) is 24.2 Å². The second kappa shape index (κ2) is 6.20. The minimum absolute atomic E-state index is 0.00982. The Bertz CT molecular complexity index is 566. The topological polar surface area (TPSA) is 83.0 Å². The van der Waals surface area contributed by atoms with E-state index in [4.69, 9.17) is 11.0 Å². The number of amides is 1. The Morgan fingerprint density at radius 2 is 2.25 bits per heavy atom. The zero-order valence-corrected chi connectivity index (χ0v) is 11.5. The molecule has 1 amide bonds. The molecule has 0 radical (unpaired) electrons. The number of pyridine rings is 1. The van der Waals surface area contributed by atoms with E-state index >= 15 is 0 Å². The van der Waals surface area contributed by atoms with E-state index in [1.807, 2.05) is 19.1 Å². The van der Waals surface area contributed by atoms with Crippen molar-refractivity contribution in [2.45, 2.75) is 19.8 Å². The van der Waals surface area contributed by atoms with Gasteiger partial charge in [0, 0.05) is 31.3 Å². The van der Waals surface area contributed by atoms with Crippen molar-refractivity contribution in [2.75, 3.05) is 18.0 Å². The summed E-state index contributed by atoms with van der Waals surface area (Å²) in [5.74, 6) is 0.734. The van der Waals surface area contributed by atoms with Crippen molar-refractivity contribution in [2.24, 2.45) is 11.7 Å². The molecule has 0 atom stereocenters. The molecule has 5 nitrogen and oxygen atoms in total. The predicted molar refractivity (Wildman–Crippen MR) is 77.8 cm³/mol. The van der Waals surface area contributed by atoms with Gasteiger partial charge in [-0.05, 0) is 43.0 Å². The Labute approximate surface area is 118 Å². The van der Waals surface area contributed by atoms with Gasteiger partial charge in [-0.25, -0.2) is 4.98 Å². The van der Waals surface area contributed by atoms with Gasteiger partial charge in [0.15, 0.2) is 0 Å². The molecule has 0 saturated carbocycles. The van der Waals surface area contributed by atoms with Gasteiger partial charge in [0.05, 0.1) is 6.07 Å². The number of hydrogen-bond acceptors (Lipinski definition) is 4. The van der Waals surface area contributed by atoms with E-state index < -0.39 is 0 Å². The summed E-state index contributed by atoms with van der Waals surface area (Å²) in [6.07, 6.45) is 6.51. The fourth-order valence-electron chi connectivity index (χ4n) is 2.52. The number of rotatable bonds is 3. The van der Waals surface area contributed by atoms with Gasteiger partial charge >= 0.3 is 0 Å². The molecule has 2 rings (SSSR count). The molecule has 0 bridgehead atoms. The van der Waals surface area contributed by atoms with Crippen molar-refractivity contribution in [3.63, 3.8) is 0 Å². The lowest BCUT2D eigenvalue weighted by Crippen LogP contribution is -2.39. The zero-order valence-electron chi connectivity index (χ0n) is 11.5. The molecule has 5 heteroatoms. The lowest BCUT2D eigenvalue weighted by Gasteiger charge is -2.32. The fourth-order valence-corrected chi connectivity index (χ4v) is 2.52. The average molecular weight is 270 g/mol. The predicted octanol–water partition coefficient (Wildman–Crippen LogP) is 1.63. The van der Waals surface area contributed by atoms with Gasteiger partial charge < -0.3 is 10.6 Å². The van der Waals surface area contributed by atoms with Gasteiger partial charge in [-0.15, -0.1) is 0 Å². The first-order valence-corrected chi connectivity index (χ1v) is 6.69. The number of carbonyl (C=O) groups excluding carboxylic acids is 1. The van der Waals surface area contributed by atoms with Crippen molar-refractivity contribution in [3.8, 4) is 6.07 Å². The first-order valence-electron chi connectivity index (χ1n) is 6.69. The van der Waals surface area contributed by atoms with Crippen LogP contribution in [0.4, 0.5) is 5.82 Å². The summed E-state index contributed by atoms with van der Waals surface area (Å²) in [5, 5.41) is 8.52. The fraction of sp³-hybridized carbons (Fsp3) is 0.400. The Morgan fingerprint density at radius 3 is 2.80 bits per heavy atom. The van der Waals surface area contributed by atoms with E-state index in [1.54, 1.807) is 12.3 Å². The molecule has 1 aliphatic heterocycles. The number of allylic oxidation sites excluding steroid dienone is 1. The van der Waals surface area contributed by atoms with E-state index in [0.29, 0.717) is 0 Å². The maximum absolute atomic E-state index is 11.2. The highest BCUT2D eigenvalue weighted by Crippen LogP contribution is 2.24. The van der Waals surface area contributed by atoms with Crippen LogP contribution in [0.15, 0.2) is 18.3 Å². The molecule has 1 aromatic rings. The lowest BCUT2D eigenvalue weighted by atomic mass is 9.96. The van der Waals surface area contributed by atoms with Crippen LogP contribution in [0.1, 0.15) is 24.0 Å². The Hall–Kier alpha value is -2.35. The summed E-state index contributed by atoms with van der Waals surface area (Å²) < 4.78 is 0. The summed E-state index contributed by atoms with van der Waals surface area (Å²) in [4.78, 5) is 17.8. The first-order chi connectivity index (χ1) is 9.61. The van der Waals surface area contributed by atoms with Gasteiger partial charge in [-0.1, -0.05) is 0 Å². The number of hydrogen-bond donors (Lipinski definition) is 1. The number of carbonyl (C=O) groups is 1. The number of nitrogens with two attached hydrogens (primary N) is 1. The van der Waals surface area contributed by atoms with Crippen LogP contribution < -0.4 is 10.6 Å². The van der Waals surface area contributed by atoms with Gasteiger partial charge in [-0.2, -0.15) is 5.26 Å². The van der Waals surface area contributed by atoms with Crippen LogP contribution in [0.5, 0.6) is 0 Å². The van der Waals surface area contributed by atoms with E-state index in [9.17, 15) is 4.79 Å². The van der Waals surface area contributed by atoms with Crippen molar-refractivity contribution in [1.82, 2.24) is 4.98 Å². The molecule has 0 spiro atoms. The summed E-state index contributed by atoms with van der Waals surface area (Å²) in [6.45, 7) is 3.61. The quantitative estimate of drug-likeness (QED) is 0.846. The SMILES string of the molecule is Cc1cc(C=CC#N)cnc1N1CCC(C(N)=O)CC1. The Balaban J connectivity index is 2.09. The molecule has 1 aromatic heterocycles. The lowest BCUT2D eigenvalue weighted by molar-refractivity contribution is -0.122. The molecule has 2 heterocycles. The molecule has 2 N–H and O–H groups in total. The van der Waals surface area contributed by atoms with Gasteiger partial charge in [0.2, 0.25) is 5.91 Å². The van der Waals surface area contributed by atoms with Gasteiger partial charge in [-0.3, -0.25) is 4.79 Å². The van der Waals surface area contributed by atoms with Crippen molar-refractivity contribution in [1.29, 1.82) is 5.26 Å². The van der Waals surface area contributed by atoms with Gasteiger partial charge in [0.25, 0.3) is 0 Å². The van der Waals surface area contributed by atoms with E-state index in [2.05, 4.69) is 9.88 Å². The second-order valence-electron chi connectivity index (χ2n) is 5.04. The maximum Gasteiger partial charge on any atom is 0.220 e. The largest absolute Gasteiger partial charge is 0.369 e. The van der Waals surface area contributed by atoms with E-state index in [1.165, 1.54) is 6.08 Å². The van der Waals surface area contributed by atoms with Crippen molar-refractivity contribution < 1.29 is 4.79 Å². The summed E-state index contributed by atoms with van der Waals surface area (Å²) >= 11 is 0. The van der Waals surface area contributed by atoms with Crippen molar-refractivity contribution in [3.05, 3.63) is 29.5 Å². The number of aromatic nitrogens is 1. The highest BCUT2D eigenvalue weighted by atomic mass is 16.1. The summed E-state index contributed by atoms with van der Waals surface area (Å²) in [5.41, 5.74) is 7.33. The van der Waals surface area contributed by atoms with Crippen LogP contribution >= 0.6 is 0 Å². The number of aryl methyl sites for hydroxylation is 1. The van der Waals surface area contributed by atoms with Crippen LogP contribution in [-0.2, 0) is 4.79 Å². The highest BCUT2D eigenvalue weighted by molar-refractivity contribution is 5.77. The third kappa shape index (κ3) is 3.15. The molecule has 104 valence electrons. The van der Waals surface area contributed by atoms with Crippen LogP contribution in [0.2, 0.25) is 0 Å². The summed E-state index contributed by atoms with van der Waals surface area (Å²) in [6, 6.07) is 3.98. The third-order valence-electron chi connectivity index (χ3n) is 3.62. The monoisotopic (exact) mass is 270 g/mol. The normalized spacial score (nSPS) is 16.3. The van der Waals surface area contributed by atoms with Crippen LogP contribution in [0.3, 0.4) is 0 Å².